The van der Waals surface area contributed by atoms with E-state index in [0.717, 1.165) is 29.6 Å². The standard InChI is InChI=1S/C12H16BrN3O/c1-8-10(13)4-5-11(15-8)16-12(17)7-9-3-2-6-14-9/h4-5,9,14H,2-3,6-7H2,1H3,(H,15,16,17). The Bertz CT molecular complexity index is 416. The third-order valence-electron chi connectivity index (χ3n) is 2.88. The molecule has 2 rings (SSSR count). The second kappa shape index (κ2) is 5.60. The maximum atomic E-state index is 11.8. The van der Waals surface area contributed by atoms with Crippen LogP contribution in [-0.2, 0) is 4.79 Å². The number of hydrogen-bond acceptors (Lipinski definition) is 3. The number of carbonyl (C=O) groups is 1. The van der Waals surface area contributed by atoms with Crippen LogP contribution in [0.3, 0.4) is 0 Å². The van der Waals surface area contributed by atoms with E-state index in [-0.39, 0.29) is 5.91 Å². The fourth-order valence-corrected chi connectivity index (χ4v) is 2.18. The highest BCUT2D eigenvalue weighted by molar-refractivity contribution is 9.10. The number of aryl methyl sites for hydroxylation is 1. The lowest BCUT2D eigenvalue weighted by molar-refractivity contribution is -0.116. The molecule has 1 amide bonds. The summed E-state index contributed by atoms with van der Waals surface area (Å²) >= 11 is 3.38. The van der Waals surface area contributed by atoms with E-state index in [2.05, 4.69) is 31.5 Å². The highest BCUT2D eigenvalue weighted by Crippen LogP contribution is 2.16. The molecule has 1 fully saturated rings. The maximum absolute atomic E-state index is 11.8. The second-order valence-corrected chi connectivity index (χ2v) is 5.16. The van der Waals surface area contributed by atoms with Crippen molar-refractivity contribution in [2.75, 3.05) is 11.9 Å². The molecule has 0 aliphatic carbocycles. The van der Waals surface area contributed by atoms with Gasteiger partial charge in [0.15, 0.2) is 0 Å². The van der Waals surface area contributed by atoms with Gasteiger partial charge in [-0.05, 0) is 54.4 Å². The third-order valence-corrected chi connectivity index (χ3v) is 3.72. The fourth-order valence-electron chi connectivity index (χ4n) is 1.96. The number of hydrogen-bond donors (Lipinski definition) is 2. The van der Waals surface area contributed by atoms with Crippen LogP contribution in [0.2, 0.25) is 0 Å². The summed E-state index contributed by atoms with van der Waals surface area (Å²) in [6, 6.07) is 4.02. The summed E-state index contributed by atoms with van der Waals surface area (Å²) in [5, 5.41) is 6.13. The van der Waals surface area contributed by atoms with Gasteiger partial charge in [-0.25, -0.2) is 4.98 Å². The number of pyridine rings is 1. The van der Waals surface area contributed by atoms with Crippen LogP contribution in [0.1, 0.15) is 25.0 Å². The van der Waals surface area contributed by atoms with Gasteiger partial charge in [-0.1, -0.05) is 0 Å². The Labute approximate surface area is 109 Å². The van der Waals surface area contributed by atoms with Crippen molar-refractivity contribution in [3.05, 3.63) is 22.3 Å². The first-order chi connectivity index (χ1) is 8.15. The van der Waals surface area contributed by atoms with Crippen LogP contribution < -0.4 is 10.6 Å². The minimum Gasteiger partial charge on any atom is -0.313 e. The van der Waals surface area contributed by atoms with Crippen molar-refractivity contribution >= 4 is 27.7 Å². The predicted octanol–water partition coefficient (Wildman–Crippen LogP) is 2.23. The van der Waals surface area contributed by atoms with Gasteiger partial charge < -0.3 is 10.6 Å². The largest absolute Gasteiger partial charge is 0.313 e. The Morgan fingerprint density at radius 2 is 2.47 bits per heavy atom. The number of carbonyl (C=O) groups excluding carboxylic acids is 1. The summed E-state index contributed by atoms with van der Waals surface area (Å²) < 4.78 is 0.952. The molecular weight excluding hydrogens is 282 g/mol. The van der Waals surface area contributed by atoms with Crippen LogP contribution in [0, 0.1) is 6.92 Å². The van der Waals surface area contributed by atoms with Crippen molar-refractivity contribution in [2.24, 2.45) is 0 Å². The predicted molar refractivity (Wildman–Crippen MR) is 70.9 cm³/mol. The Morgan fingerprint density at radius 1 is 1.65 bits per heavy atom. The number of nitrogens with one attached hydrogen (secondary N) is 2. The van der Waals surface area contributed by atoms with Gasteiger partial charge in [0.05, 0.1) is 5.69 Å². The van der Waals surface area contributed by atoms with Crippen molar-refractivity contribution in [1.29, 1.82) is 0 Å². The molecule has 0 spiro atoms. The molecule has 17 heavy (non-hydrogen) atoms. The SMILES string of the molecule is Cc1nc(NC(=O)CC2CCCN2)ccc1Br. The molecule has 2 N–H and O–H groups in total. The average Bonchev–Trinajstić information content (AvgIpc) is 2.76. The van der Waals surface area contributed by atoms with Crippen molar-refractivity contribution in [3.63, 3.8) is 0 Å². The summed E-state index contributed by atoms with van der Waals surface area (Å²) in [5.74, 6) is 0.646. The monoisotopic (exact) mass is 297 g/mol. The molecule has 5 heteroatoms. The molecule has 0 bridgehead atoms. The lowest BCUT2D eigenvalue weighted by Crippen LogP contribution is -2.27. The van der Waals surface area contributed by atoms with Crippen molar-refractivity contribution < 1.29 is 4.79 Å². The number of amides is 1. The second-order valence-electron chi connectivity index (χ2n) is 4.31. The maximum Gasteiger partial charge on any atom is 0.227 e. The quantitative estimate of drug-likeness (QED) is 0.900. The summed E-state index contributed by atoms with van der Waals surface area (Å²) in [6.45, 7) is 2.92. The van der Waals surface area contributed by atoms with E-state index in [1.165, 1.54) is 0 Å². The normalized spacial score (nSPS) is 19.3. The number of nitrogens with zero attached hydrogens (tertiary/aromatic N) is 1. The van der Waals surface area contributed by atoms with E-state index in [1.807, 2.05) is 13.0 Å². The van der Waals surface area contributed by atoms with Gasteiger partial charge >= 0.3 is 0 Å². The van der Waals surface area contributed by atoms with Gasteiger partial charge in [-0.2, -0.15) is 0 Å². The Kier molecular flexibility index (Phi) is 4.12. The van der Waals surface area contributed by atoms with Crippen LogP contribution >= 0.6 is 15.9 Å². The van der Waals surface area contributed by atoms with Crippen molar-refractivity contribution in [3.8, 4) is 0 Å². The van der Waals surface area contributed by atoms with E-state index in [4.69, 9.17) is 0 Å². The number of halogens is 1. The molecule has 1 aromatic heterocycles. The first-order valence-electron chi connectivity index (χ1n) is 5.81. The van der Waals surface area contributed by atoms with Gasteiger partial charge in [0.2, 0.25) is 5.91 Å². The first-order valence-corrected chi connectivity index (χ1v) is 6.61. The zero-order valence-corrected chi connectivity index (χ0v) is 11.4. The summed E-state index contributed by atoms with van der Waals surface area (Å²) in [5.41, 5.74) is 0.877. The highest BCUT2D eigenvalue weighted by atomic mass is 79.9. The molecule has 0 saturated carbocycles. The zero-order valence-electron chi connectivity index (χ0n) is 9.79. The number of anilines is 1. The molecule has 1 atom stereocenters. The van der Waals surface area contributed by atoms with E-state index < -0.39 is 0 Å². The Morgan fingerprint density at radius 3 is 3.12 bits per heavy atom. The number of rotatable bonds is 3. The van der Waals surface area contributed by atoms with Crippen LogP contribution in [0.4, 0.5) is 5.82 Å². The van der Waals surface area contributed by atoms with Crippen LogP contribution in [0.5, 0.6) is 0 Å². The molecule has 1 saturated heterocycles. The van der Waals surface area contributed by atoms with E-state index in [0.29, 0.717) is 18.3 Å². The molecule has 0 radical (unpaired) electrons. The van der Waals surface area contributed by atoms with Crippen LogP contribution in [0.25, 0.3) is 0 Å². The van der Waals surface area contributed by atoms with Crippen molar-refractivity contribution in [2.45, 2.75) is 32.2 Å². The summed E-state index contributed by atoms with van der Waals surface area (Å²) in [4.78, 5) is 16.0. The lowest BCUT2D eigenvalue weighted by Gasteiger charge is -2.10. The van der Waals surface area contributed by atoms with E-state index in [9.17, 15) is 4.79 Å². The van der Waals surface area contributed by atoms with Crippen LogP contribution in [0.15, 0.2) is 16.6 Å². The minimum atomic E-state index is 0.0265. The van der Waals surface area contributed by atoms with Gasteiger partial charge in [0, 0.05) is 16.9 Å². The molecule has 4 nitrogen and oxygen atoms in total. The molecule has 1 unspecified atom stereocenters. The Hall–Kier alpha value is -0.940. The van der Waals surface area contributed by atoms with Gasteiger partial charge in [0.25, 0.3) is 0 Å². The molecule has 2 heterocycles. The Balaban J connectivity index is 1.90. The molecule has 1 aliphatic heterocycles. The highest BCUT2D eigenvalue weighted by Gasteiger charge is 2.17. The topological polar surface area (TPSA) is 54.0 Å². The van der Waals surface area contributed by atoms with Gasteiger partial charge in [-0.3, -0.25) is 4.79 Å². The number of aromatic nitrogens is 1. The third kappa shape index (κ3) is 3.51. The van der Waals surface area contributed by atoms with Crippen molar-refractivity contribution in [1.82, 2.24) is 10.3 Å². The smallest absolute Gasteiger partial charge is 0.227 e. The van der Waals surface area contributed by atoms with Gasteiger partial charge in [0.1, 0.15) is 5.82 Å². The lowest BCUT2D eigenvalue weighted by atomic mass is 10.1. The van der Waals surface area contributed by atoms with E-state index in [1.54, 1.807) is 6.07 Å². The molecule has 0 aromatic carbocycles. The molecule has 1 aromatic rings. The summed E-state index contributed by atoms with van der Waals surface area (Å²) in [7, 11) is 0. The van der Waals surface area contributed by atoms with Gasteiger partial charge in [-0.15, -0.1) is 0 Å². The van der Waals surface area contributed by atoms with Crippen LogP contribution in [-0.4, -0.2) is 23.5 Å². The fraction of sp³-hybridized carbons (Fsp3) is 0.500. The zero-order chi connectivity index (χ0) is 12.3. The minimum absolute atomic E-state index is 0.0265. The summed E-state index contributed by atoms with van der Waals surface area (Å²) in [6.07, 6.45) is 2.77. The molecule has 1 aliphatic rings. The first kappa shape index (κ1) is 12.5. The van der Waals surface area contributed by atoms with E-state index >= 15 is 0 Å². The molecule has 92 valence electrons. The average molecular weight is 298 g/mol. The molecular formula is C12H16BrN3O.